The van der Waals surface area contributed by atoms with Crippen molar-refractivity contribution in [3.05, 3.63) is 50.7 Å². The highest BCUT2D eigenvalue weighted by molar-refractivity contribution is 5.99. The summed E-state index contributed by atoms with van der Waals surface area (Å²) in [7, 11) is 1.57. The molecule has 9 nitrogen and oxygen atoms in total. The number of nitrogens with one attached hydrogen (secondary N) is 2. The van der Waals surface area contributed by atoms with E-state index in [1.165, 1.54) is 4.57 Å². The van der Waals surface area contributed by atoms with E-state index in [1.807, 2.05) is 6.92 Å². The standard InChI is InChI=1S/C20H26N6O3/c1-4-5-6-7-12-26-16-17(25(3)20(29)22-18(16)28)21-19(26)24-23-13(2)14-8-10-15(27)11-9-14/h8-11,27H,4-7,12H2,1-3H3,(H,21,24)(H,22,28,29)/b23-13+. The number of aromatic nitrogens is 4. The van der Waals surface area contributed by atoms with E-state index in [9.17, 15) is 14.7 Å². The first kappa shape index (κ1) is 20.4. The average molecular weight is 398 g/mol. The van der Waals surface area contributed by atoms with E-state index in [0.717, 1.165) is 31.2 Å². The summed E-state index contributed by atoms with van der Waals surface area (Å²) in [6.45, 7) is 4.56. The number of imidazole rings is 1. The van der Waals surface area contributed by atoms with Crippen LogP contribution in [0.15, 0.2) is 39.0 Å². The number of anilines is 1. The predicted octanol–water partition coefficient (Wildman–Crippen LogP) is 2.55. The van der Waals surface area contributed by atoms with Gasteiger partial charge in [0, 0.05) is 13.6 Å². The SMILES string of the molecule is CCCCCCn1c(N/N=C(\C)c2ccc(O)cc2)nc2c1c(=O)[nH]c(=O)n2C. The molecule has 0 bridgehead atoms. The van der Waals surface area contributed by atoms with Crippen molar-refractivity contribution in [1.29, 1.82) is 0 Å². The fraction of sp³-hybridized carbons (Fsp3) is 0.400. The zero-order valence-electron chi connectivity index (χ0n) is 16.9. The maximum absolute atomic E-state index is 12.4. The van der Waals surface area contributed by atoms with Gasteiger partial charge in [-0.25, -0.2) is 10.2 Å². The van der Waals surface area contributed by atoms with Gasteiger partial charge in [-0.1, -0.05) is 26.2 Å². The lowest BCUT2D eigenvalue weighted by Gasteiger charge is -2.09. The number of hydrogen-bond donors (Lipinski definition) is 3. The molecule has 3 N–H and O–H groups in total. The molecule has 0 spiro atoms. The molecule has 0 radical (unpaired) electrons. The number of aromatic hydroxyl groups is 1. The number of aryl methyl sites for hydroxylation is 2. The molecule has 0 saturated carbocycles. The number of phenolic OH excluding ortho intramolecular Hbond substituents is 1. The predicted molar refractivity (Wildman–Crippen MR) is 114 cm³/mol. The minimum Gasteiger partial charge on any atom is -0.508 e. The first-order chi connectivity index (χ1) is 13.9. The van der Waals surface area contributed by atoms with Crippen molar-refractivity contribution in [2.75, 3.05) is 5.43 Å². The zero-order valence-corrected chi connectivity index (χ0v) is 16.9. The maximum Gasteiger partial charge on any atom is 0.329 e. The summed E-state index contributed by atoms with van der Waals surface area (Å²) in [4.78, 5) is 31.2. The normalized spacial score (nSPS) is 11.9. The monoisotopic (exact) mass is 398 g/mol. The van der Waals surface area contributed by atoms with Crippen molar-refractivity contribution in [3.8, 4) is 5.75 Å². The van der Waals surface area contributed by atoms with Gasteiger partial charge in [0.05, 0.1) is 5.71 Å². The Kier molecular flexibility index (Phi) is 6.16. The Labute approximate surface area is 167 Å². The van der Waals surface area contributed by atoms with Crippen LogP contribution in [0.5, 0.6) is 5.75 Å². The van der Waals surface area contributed by atoms with Gasteiger partial charge >= 0.3 is 5.69 Å². The highest BCUT2D eigenvalue weighted by Gasteiger charge is 2.17. The van der Waals surface area contributed by atoms with Crippen LogP contribution in [-0.2, 0) is 13.6 Å². The van der Waals surface area contributed by atoms with Crippen LogP contribution in [-0.4, -0.2) is 29.9 Å². The Bertz CT molecular complexity index is 1140. The number of benzene rings is 1. The Morgan fingerprint density at radius 3 is 2.62 bits per heavy atom. The zero-order chi connectivity index (χ0) is 21.0. The van der Waals surface area contributed by atoms with Gasteiger partial charge < -0.3 is 9.67 Å². The lowest BCUT2D eigenvalue weighted by molar-refractivity contribution is 0.475. The van der Waals surface area contributed by atoms with Crippen molar-refractivity contribution < 1.29 is 5.11 Å². The van der Waals surface area contributed by atoms with Gasteiger partial charge in [0.2, 0.25) is 5.95 Å². The second-order valence-corrected chi connectivity index (χ2v) is 6.99. The number of aromatic amines is 1. The van der Waals surface area contributed by atoms with E-state index < -0.39 is 11.2 Å². The Morgan fingerprint density at radius 2 is 1.93 bits per heavy atom. The van der Waals surface area contributed by atoms with Gasteiger partial charge in [-0.2, -0.15) is 10.1 Å². The third-order valence-corrected chi connectivity index (χ3v) is 4.85. The molecule has 0 aliphatic heterocycles. The second-order valence-electron chi connectivity index (χ2n) is 6.99. The highest BCUT2D eigenvalue weighted by atomic mass is 16.3. The maximum atomic E-state index is 12.4. The molecule has 29 heavy (non-hydrogen) atoms. The van der Waals surface area contributed by atoms with Crippen LogP contribution >= 0.6 is 0 Å². The highest BCUT2D eigenvalue weighted by Crippen LogP contribution is 2.18. The molecular formula is C20H26N6O3. The Hall–Kier alpha value is -3.36. The van der Waals surface area contributed by atoms with E-state index in [0.29, 0.717) is 29.4 Å². The van der Waals surface area contributed by atoms with Crippen molar-refractivity contribution in [1.82, 2.24) is 19.1 Å². The molecule has 0 atom stereocenters. The molecule has 3 rings (SSSR count). The number of rotatable bonds is 8. The minimum atomic E-state index is -0.506. The second kappa shape index (κ2) is 8.76. The number of fused-ring (bicyclic) bond motifs is 1. The van der Waals surface area contributed by atoms with Crippen molar-refractivity contribution in [2.24, 2.45) is 12.1 Å². The third kappa shape index (κ3) is 4.39. The number of nitrogens with zero attached hydrogens (tertiary/aromatic N) is 4. The smallest absolute Gasteiger partial charge is 0.329 e. The number of hydrazone groups is 1. The summed E-state index contributed by atoms with van der Waals surface area (Å²) in [5, 5.41) is 13.8. The fourth-order valence-corrected chi connectivity index (χ4v) is 3.14. The van der Waals surface area contributed by atoms with Gasteiger partial charge in [-0.15, -0.1) is 0 Å². The van der Waals surface area contributed by atoms with Gasteiger partial charge in [-0.3, -0.25) is 14.3 Å². The van der Waals surface area contributed by atoms with Crippen LogP contribution in [0.4, 0.5) is 5.95 Å². The average Bonchev–Trinajstić information content (AvgIpc) is 3.07. The molecular weight excluding hydrogens is 372 g/mol. The third-order valence-electron chi connectivity index (χ3n) is 4.85. The summed E-state index contributed by atoms with van der Waals surface area (Å²) in [5.74, 6) is 0.588. The Morgan fingerprint density at radius 1 is 1.21 bits per heavy atom. The Balaban J connectivity index is 1.98. The molecule has 0 aliphatic rings. The molecule has 2 aromatic heterocycles. The van der Waals surface area contributed by atoms with Crippen molar-refractivity contribution in [2.45, 2.75) is 46.1 Å². The summed E-state index contributed by atoms with van der Waals surface area (Å²) >= 11 is 0. The quantitative estimate of drug-likeness (QED) is 0.306. The first-order valence-electron chi connectivity index (χ1n) is 9.71. The molecule has 9 heteroatoms. The summed E-state index contributed by atoms with van der Waals surface area (Å²) < 4.78 is 3.10. The number of unbranched alkanes of at least 4 members (excludes halogenated alkanes) is 3. The summed E-state index contributed by atoms with van der Waals surface area (Å²) in [6.07, 6.45) is 4.15. The van der Waals surface area contributed by atoms with E-state index >= 15 is 0 Å². The van der Waals surface area contributed by atoms with Gasteiger partial charge in [0.15, 0.2) is 11.2 Å². The van der Waals surface area contributed by atoms with Gasteiger partial charge in [-0.05, 0) is 43.2 Å². The van der Waals surface area contributed by atoms with Crippen LogP contribution in [0.1, 0.15) is 45.1 Å². The molecule has 154 valence electrons. The largest absolute Gasteiger partial charge is 0.508 e. The summed E-state index contributed by atoms with van der Waals surface area (Å²) in [5.41, 5.74) is 4.17. The lowest BCUT2D eigenvalue weighted by Crippen LogP contribution is -2.29. The topological polar surface area (TPSA) is 117 Å². The fourth-order valence-electron chi connectivity index (χ4n) is 3.14. The first-order valence-corrected chi connectivity index (χ1v) is 9.71. The van der Waals surface area contributed by atoms with Crippen LogP contribution in [0, 0.1) is 0 Å². The number of hydrogen-bond acceptors (Lipinski definition) is 6. The molecule has 0 aliphatic carbocycles. The lowest BCUT2D eigenvalue weighted by atomic mass is 10.1. The van der Waals surface area contributed by atoms with Gasteiger partial charge in [0.1, 0.15) is 5.75 Å². The van der Waals surface area contributed by atoms with E-state index in [4.69, 9.17) is 0 Å². The van der Waals surface area contributed by atoms with Crippen LogP contribution in [0.3, 0.4) is 0 Å². The molecule has 0 unspecified atom stereocenters. The molecule has 0 fully saturated rings. The van der Waals surface area contributed by atoms with E-state index in [2.05, 4.69) is 27.4 Å². The van der Waals surface area contributed by atoms with E-state index in [1.54, 1.807) is 35.9 Å². The van der Waals surface area contributed by atoms with Crippen LogP contribution in [0.25, 0.3) is 11.2 Å². The van der Waals surface area contributed by atoms with Crippen LogP contribution in [0.2, 0.25) is 0 Å². The summed E-state index contributed by atoms with van der Waals surface area (Å²) in [6, 6.07) is 6.70. The number of H-pyrrole nitrogens is 1. The molecule has 0 amide bonds. The molecule has 1 aromatic carbocycles. The minimum absolute atomic E-state index is 0.184. The van der Waals surface area contributed by atoms with Crippen LogP contribution < -0.4 is 16.7 Å². The molecule has 0 saturated heterocycles. The van der Waals surface area contributed by atoms with Crippen molar-refractivity contribution in [3.63, 3.8) is 0 Å². The van der Waals surface area contributed by atoms with E-state index in [-0.39, 0.29) is 5.75 Å². The molecule has 3 aromatic rings. The van der Waals surface area contributed by atoms with Gasteiger partial charge in [0.25, 0.3) is 5.56 Å². The molecule has 2 heterocycles. The van der Waals surface area contributed by atoms with Crippen molar-refractivity contribution >= 4 is 22.8 Å². The number of phenols is 1.